The number of nitrogens with two attached hydrogens (primary N) is 1. The highest BCUT2D eigenvalue weighted by atomic mass is 35.5. The SMILES string of the molecule is Cl.NCC1CCN(C(=O)Cc2c(Cl)cccc2Cl)C1. The monoisotopic (exact) mass is 322 g/mol. The minimum absolute atomic E-state index is 0. The molecule has 2 rings (SSSR count). The van der Waals surface area contributed by atoms with Crippen molar-refractivity contribution in [2.24, 2.45) is 11.7 Å². The van der Waals surface area contributed by atoms with Crippen LogP contribution in [0.15, 0.2) is 18.2 Å². The van der Waals surface area contributed by atoms with Gasteiger partial charge in [0, 0.05) is 23.1 Å². The predicted molar refractivity (Wildman–Crippen MR) is 81.2 cm³/mol. The number of likely N-dealkylation sites (tertiary alicyclic amines) is 1. The summed E-state index contributed by atoms with van der Waals surface area (Å²) in [6.07, 6.45) is 1.24. The Kier molecular flexibility index (Phi) is 6.40. The lowest BCUT2D eigenvalue weighted by Crippen LogP contribution is -2.31. The van der Waals surface area contributed by atoms with E-state index in [4.69, 9.17) is 28.9 Å². The molecule has 1 aliphatic heterocycles. The maximum Gasteiger partial charge on any atom is 0.227 e. The Balaban J connectivity index is 0.00000180. The number of carbonyl (C=O) groups is 1. The van der Waals surface area contributed by atoms with Gasteiger partial charge in [-0.25, -0.2) is 0 Å². The largest absolute Gasteiger partial charge is 0.342 e. The molecule has 0 radical (unpaired) electrons. The van der Waals surface area contributed by atoms with Gasteiger partial charge in [-0.05, 0) is 36.6 Å². The van der Waals surface area contributed by atoms with Crippen molar-refractivity contribution in [2.75, 3.05) is 19.6 Å². The first-order valence-corrected chi connectivity index (χ1v) is 6.78. The van der Waals surface area contributed by atoms with Crippen molar-refractivity contribution in [1.82, 2.24) is 4.90 Å². The standard InChI is InChI=1S/C13H16Cl2N2O.ClH/c14-11-2-1-3-12(15)10(11)6-13(18)17-5-4-9(7-16)8-17;/h1-3,9H,4-8,16H2;1H. The number of hydrogen-bond donors (Lipinski definition) is 1. The van der Waals surface area contributed by atoms with Gasteiger partial charge in [-0.15, -0.1) is 12.4 Å². The zero-order valence-electron chi connectivity index (χ0n) is 10.4. The molecule has 1 unspecified atom stereocenters. The molecule has 0 aromatic heterocycles. The molecule has 0 saturated carbocycles. The van der Waals surface area contributed by atoms with Gasteiger partial charge in [-0.1, -0.05) is 29.3 Å². The van der Waals surface area contributed by atoms with E-state index in [9.17, 15) is 4.79 Å². The van der Waals surface area contributed by atoms with Gasteiger partial charge in [-0.3, -0.25) is 4.79 Å². The molecule has 1 saturated heterocycles. The molecule has 3 nitrogen and oxygen atoms in total. The molecule has 1 atom stereocenters. The first-order valence-electron chi connectivity index (χ1n) is 6.02. The van der Waals surface area contributed by atoms with Gasteiger partial charge in [0.1, 0.15) is 0 Å². The fourth-order valence-electron chi connectivity index (χ4n) is 2.22. The average molecular weight is 324 g/mol. The Bertz CT molecular complexity index is 433. The molecule has 1 heterocycles. The van der Waals surface area contributed by atoms with E-state index >= 15 is 0 Å². The van der Waals surface area contributed by atoms with Crippen LogP contribution in [-0.2, 0) is 11.2 Å². The Morgan fingerprint density at radius 3 is 2.53 bits per heavy atom. The lowest BCUT2D eigenvalue weighted by molar-refractivity contribution is -0.129. The molecule has 0 aliphatic carbocycles. The summed E-state index contributed by atoms with van der Waals surface area (Å²) in [5.41, 5.74) is 6.33. The zero-order valence-corrected chi connectivity index (χ0v) is 12.8. The van der Waals surface area contributed by atoms with E-state index in [1.54, 1.807) is 18.2 Å². The van der Waals surface area contributed by atoms with Gasteiger partial charge in [0.2, 0.25) is 5.91 Å². The van der Waals surface area contributed by atoms with E-state index < -0.39 is 0 Å². The Hall–Kier alpha value is -0.480. The third-order valence-corrected chi connectivity index (χ3v) is 4.07. The summed E-state index contributed by atoms with van der Waals surface area (Å²) in [6.45, 7) is 2.16. The highest BCUT2D eigenvalue weighted by Crippen LogP contribution is 2.26. The van der Waals surface area contributed by atoms with Crippen molar-refractivity contribution in [2.45, 2.75) is 12.8 Å². The van der Waals surface area contributed by atoms with Crippen LogP contribution in [0.1, 0.15) is 12.0 Å². The van der Waals surface area contributed by atoms with Crippen LogP contribution in [0, 0.1) is 5.92 Å². The molecule has 19 heavy (non-hydrogen) atoms. The third kappa shape index (κ3) is 3.99. The molecule has 1 aromatic carbocycles. The fraction of sp³-hybridized carbons (Fsp3) is 0.462. The first kappa shape index (κ1) is 16.6. The maximum absolute atomic E-state index is 12.1. The Labute approximate surface area is 129 Å². The third-order valence-electron chi connectivity index (χ3n) is 3.36. The number of hydrogen-bond acceptors (Lipinski definition) is 2. The van der Waals surface area contributed by atoms with E-state index in [-0.39, 0.29) is 24.7 Å². The van der Waals surface area contributed by atoms with Crippen molar-refractivity contribution in [3.63, 3.8) is 0 Å². The van der Waals surface area contributed by atoms with Crippen LogP contribution in [-0.4, -0.2) is 30.4 Å². The van der Waals surface area contributed by atoms with Crippen molar-refractivity contribution < 1.29 is 4.79 Å². The van der Waals surface area contributed by atoms with Gasteiger partial charge in [0.05, 0.1) is 6.42 Å². The van der Waals surface area contributed by atoms with Gasteiger partial charge in [0.25, 0.3) is 0 Å². The Morgan fingerprint density at radius 2 is 2.00 bits per heavy atom. The molecule has 1 aromatic rings. The zero-order chi connectivity index (χ0) is 13.1. The van der Waals surface area contributed by atoms with Crippen LogP contribution in [0.5, 0.6) is 0 Å². The summed E-state index contributed by atoms with van der Waals surface area (Å²) >= 11 is 12.1. The van der Waals surface area contributed by atoms with Crippen LogP contribution < -0.4 is 5.73 Å². The van der Waals surface area contributed by atoms with E-state index in [1.807, 2.05) is 4.90 Å². The van der Waals surface area contributed by atoms with Crippen molar-refractivity contribution in [3.8, 4) is 0 Å². The molecule has 1 amide bonds. The van der Waals surface area contributed by atoms with Crippen LogP contribution in [0.4, 0.5) is 0 Å². The molecule has 2 N–H and O–H groups in total. The quantitative estimate of drug-likeness (QED) is 0.929. The topological polar surface area (TPSA) is 46.3 Å². The summed E-state index contributed by atoms with van der Waals surface area (Å²) in [5.74, 6) is 0.497. The second-order valence-electron chi connectivity index (χ2n) is 4.61. The van der Waals surface area contributed by atoms with Gasteiger partial charge < -0.3 is 10.6 Å². The maximum atomic E-state index is 12.1. The average Bonchev–Trinajstić information content (AvgIpc) is 2.82. The summed E-state index contributed by atoms with van der Waals surface area (Å²) in [5, 5.41) is 1.09. The predicted octanol–water partition coefficient (Wildman–Crippen LogP) is 2.76. The van der Waals surface area contributed by atoms with Crippen LogP contribution in [0.25, 0.3) is 0 Å². The molecule has 6 heteroatoms. The van der Waals surface area contributed by atoms with Crippen LogP contribution in [0.3, 0.4) is 0 Å². The number of nitrogens with zero attached hydrogens (tertiary/aromatic N) is 1. The minimum atomic E-state index is 0. The van der Waals surface area contributed by atoms with Gasteiger partial charge in [-0.2, -0.15) is 0 Å². The smallest absolute Gasteiger partial charge is 0.227 e. The van der Waals surface area contributed by atoms with Crippen molar-refractivity contribution in [1.29, 1.82) is 0 Å². The first-order chi connectivity index (χ1) is 8.61. The number of rotatable bonds is 3. The lowest BCUT2D eigenvalue weighted by atomic mass is 10.1. The number of halogens is 3. The summed E-state index contributed by atoms with van der Waals surface area (Å²) in [6, 6.07) is 5.28. The second kappa shape index (κ2) is 7.34. The van der Waals surface area contributed by atoms with E-state index in [2.05, 4.69) is 0 Å². The van der Waals surface area contributed by atoms with Crippen LogP contribution >= 0.6 is 35.6 Å². The summed E-state index contributed by atoms with van der Waals surface area (Å²) in [4.78, 5) is 14.0. The molecular weight excluding hydrogens is 307 g/mol. The number of carbonyl (C=O) groups excluding carboxylic acids is 1. The van der Waals surface area contributed by atoms with E-state index in [1.165, 1.54) is 0 Å². The lowest BCUT2D eigenvalue weighted by Gasteiger charge is -2.17. The Morgan fingerprint density at radius 1 is 1.37 bits per heavy atom. The molecule has 0 bridgehead atoms. The normalized spacial score (nSPS) is 18.3. The molecule has 0 spiro atoms. The van der Waals surface area contributed by atoms with Crippen LogP contribution in [0.2, 0.25) is 10.0 Å². The minimum Gasteiger partial charge on any atom is -0.342 e. The molecular formula is C13H17Cl3N2O. The molecule has 1 fully saturated rings. The van der Waals surface area contributed by atoms with Gasteiger partial charge >= 0.3 is 0 Å². The number of benzene rings is 1. The highest BCUT2D eigenvalue weighted by molar-refractivity contribution is 6.36. The number of amides is 1. The second-order valence-corrected chi connectivity index (χ2v) is 5.42. The van der Waals surface area contributed by atoms with Gasteiger partial charge in [0.15, 0.2) is 0 Å². The molecule has 1 aliphatic rings. The summed E-state index contributed by atoms with van der Waals surface area (Å²) in [7, 11) is 0. The molecule has 106 valence electrons. The van der Waals surface area contributed by atoms with E-state index in [0.29, 0.717) is 28.1 Å². The van der Waals surface area contributed by atoms with Crippen molar-refractivity contribution in [3.05, 3.63) is 33.8 Å². The van der Waals surface area contributed by atoms with Crippen molar-refractivity contribution >= 4 is 41.5 Å². The highest BCUT2D eigenvalue weighted by Gasteiger charge is 2.25. The fourth-order valence-corrected chi connectivity index (χ4v) is 2.75. The summed E-state index contributed by atoms with van der Waals surface area (Å²) < 4.78 is 0. The van der Waals surface area contributed by atoms with E-state index in [0.717, 1.165) is 19.5 Å².